The van der Waals surface area contributed by atoms with Gasteiger partial charge >= 0.3 is 0 Å². The van der Waals surface area contributed by atoms with Gasteiger partial charge in [-0.2, -0.15) is 11.8 Å². The highest BCUT2D eigenvalue weighted by Gasteiger charge is 2.23. The molecule has 0 amide bonds. The lowest BCUT2D eigenvalue weighted by atomic mass is 10.1. The Bertz CT molecular complexity index is 241. The normalized spacial score (nSPS) is 24.8. The highest BCUT2D eigenvalue weighted by atomic mass is 32.2. The molecule has 13 heavy (non-hydrogen) atoms. The molecule has 2 atom stereocenters. The van der Waals surface area contributed by atoms with Crippen molar-refractivity contribution in [1.29, 1.82) is 0 Å². The van der Waals surface area contributed by atoms with Crippen LogP contribution in [0, 0.1) is 0 Å². The molecule has 1 aliphatic heterocycles. The van der Waals surface area contributed by atoms with Crippen LogP contribution in [0.1, 0.15) is 18.6 Å². The van der Waals surface area contributed by atoms with Gasteiger partial charge in [0.2, 0.25) is 0 Å². The minimum Gasteiger partial charge on any atom is -0.469 e. The SMILES string of the molecule is NC(Cc1ccco1)C1CCCS1. The smallest absolute Gasteiger partial charge is 0.105 e. The molecule has 0 spiro atoms. The Balaban J connectivity index is 1.87. The number of rotatable bonds is 3. The number of hydrogen-bond donors (Lipinski definition) is 1. The fourth-order valence-corrected chi connectivity index (χ4v) is 3.05. The Labute approximate surface area is 82.9 Å². The summed E-state index contributed by atoms with van der Waals surface area (Å²) >= 11 is 2.01. The highest BCUT2D eigenvalue weighted by molar-refractivity contribution is 8.00. The zero-order valence-electron chi connectivity index (χ0n) is 7.61. The Kier molecular flexibility index (Phi) is 2.96. The highest BCUT2D eigenvalue weighted by Crippen LogP contribution is 2.29. The Hall–Kier alpha value is -0.410. The van der Waals surface area contributed by atoms with Gasteiger partial charge in [-0.1, -0.05) is 0 Å². The average molecular weight is 197 g/mol. The molecule has 0 saturated carbocycles. The lowest BCUT2D eigenvalue weighted by molar-refractivity contribution is 0.476. The molecule has 2 nitrogen and oxygen atoms in total. The molecule has 1 aromatic heterocycles. The lowest BCUT2D eigenvalue weighted by Gasteiger charge is -2.16. The molecule has 1 saturated heterocycles. The fourth-order valence-electron chi connectivity index (χ4n) is 1.73. The third-order valence-electron chi connectivity index (χ3n) is 2.46. The van der Waals surface area contributed by atoms with E-state index in [9.17, 15) is 0 Å². The summed E-state index contributed by atoms with van der Waals surface area (Å²) in [5.74, 6) is 2.29. The molecule has 1 aliphatic rings. The standard InChI is InChI=1S/C10H15NOS/c11-9(10-4-2-6-13-10)7-8-3-1-5-12-8/h1,3,5,9-10H,2,4,6-7,11H2. The van der Waals surface area contributed by atoms with Gasteiger partial charge in [-0.3, -0.25) is 0 Å². The van der Waals surface area contributed by atoms with Gasteiger partial charge in [0.25, 0.3) is 0 Å². The van der Waals surface area contributed by atoms with Crippen LogP contribution in [0.5, 0.6) is 0 Å². The second-order valence-corrected chi connectivity index (χ2v) is 4.85. The van der Waals surface area contributed by atoms with Crippen LogP contribution in [0.4, 0.5) is 0 Å². The first-order valence-electron chi connectivity index (χ1n) is 4.76. The van der Waals surface area contributed by atoms with Gasteiger partial charge in [0.15, 0.2) is 0 Å². The van der Waals surface area contributed by atoms with Crippen LogP contribution in [0.2, 0.25) is 0 Å². The van der Waals surface area contributed by atoms with E-state index in [1.165, 1.54) is 18.6 Å². The van der Waals surface area contributed by atoms with Crippen LogP contribution in [0.15, 0.2) is 22.8 Å². The molecule has 72 valence electrons. The van der Waals surface area contributed by atoms with Crippen molar-refractivity contribution in [3.05, 3.63) is 24.2 Å². The molecule has 1 aromatic rings. The van der Waals surface area contributed by atoms with E-state index in [0.717, 1.165) is 12.2 Å². The molecule has 2 rings (SSSR count). The molecule has 0 bridgehead atoms. The minimum atomic E-state index is 0.263. The van der Waals surface area contributed by atoms with Crippen molar-refractivity contribution in [3.8, 4) is 0 Å². The summed E-state index contributed by atoms with van der Waals surface area (Å²) in [6.45, 7) is 0. The molecule has 3 heteroatoms. The van der Waals surface area contributed by atoms with E-state index in [0.29, 0.717) is 5.25 Å². The van der Waals surface area contributed by atoms with Crippen molar-refractivity contribution in [2.45, 2.75) is 30.6 Å². The third kappa shape index (κ3) is 2.29. The van der Waals surface area contributed by atoms with Crippen LogP contribution in [-0.4, -0.2) is 17.0 Å². The van der Waals surface area contributed by atoms with Crippen molar-refractivity contribution in [2.75, 3.05) is 5.75 Å². The molecule has 0 aliphatic carbocycles. The van der Waals surface area contributed by atoms with Crippen molar-refractivity contribution in [1.82, 2.24) is 0 Å². The first kappa shape index (κ1) is 9.16. The maximum Gasteiger partial charge on any atom is 0.105 e. The molecule has 1 fully saturated rings. The van der Waals surface area contributed by atoms with Crippen molar-refractivity contribution in [2.24, 2.45) is 5.73 Å². The van der Waals surface area contributed by atoms with Crippen molar-refractivity contribution in [3.63, 3.8) is 0 Å². The molecule has 2 N–H and O–H groups in total. The van der Waals surface area contributed by atoms with Gasteiger partial charge in [0, 0.05) is 17.7 Å². The second-order valence-electron chi connectivity index (χ2n) is 3.50. The zero-order valence-corrected chi connectivity index (χ0v) is 8.43. The maximum atomic E-state index is 6.09. The van der Waals surface area contributed by atoms with Crippen LogP contribution >= 0.6 is 11.8 Å². The summed E-state index contributed by atoms with van der Waals surface area (Å²) in [7, 11) is 0. The Morgan fingerprint density at radius 1 is 1.69 bits per heavy atom. The van der Waals surface area contributed by atoms with E-state index in [-0.39, 0.29) is 6.04 Å². The average Bonchev–Trinajstić information content (AvgIpc) is 2.74. The summed E-state index contributed by atoms with van der Waals surface area (Å²) in [4.78, 5) is 0. The van der Waals surface area contributed by atoms with E-state index in [1.807, 2.05) is 23.9 Å². The quantitative estimate of drug-likeness (QED) is 0.806. The summed E-state index contributed by atoms with van der Waals surface area (Å²) in [6, 6.07) is 4.18. The van der Waals surface area contributed by atoms with E-state index in [4.69, 9.17) is 10.2 Å². The molecular formula is C10H15NOS. The predicted octanol–water partition coefficient (Wildman–Crippen LogP) is 2.04. The third-order valence-corrected chi connectivity index (χ3v) is 4.00. The topological polar surface area (TPSA) is 39.2 Å². The molecular weight excluding hydrogens is 182 g/mol. The first-order chi connectivity index (χ1) is 6.36. The van der Waals surface area contributed by atoms with Crippen LogP contribution in [0.3, 0.4) is 0 Å². The van der Waals surface area contributed by atoms with E-state index in [2.05, 4.69) is 0 Å². The van der Waals surface area contributed by atoms with Gasteiger partial charge in [-0.15, -0.1) is 0 Å². The zero-order chi connectivity index (χ0) is 9.10. The summed E-state index contributed by atoms with van der Waals surface area (Å²) in [6.07, 6.45) is 5.18. The Morgan fingerprint density at radius 2 is 2.62 bits per heavy atom. The Morgan fingerprint density at radius 3 is 3.23 bits per heavy atom. The minimum absolute atomic E-state index is 0.263. The fraction of sp³-hybridized carbons (Fsp3) is 0.600. The summed E-state index contributed by atoms with van der Waals surface area (Å²) in [5, 5.41) is 0.644. The van der Waals surface area contributed by atoms with Crippen LogP contribution in [0.25, 0.3) is 0 Å². The molecule has 2 unspecified atom stereocenters. The monoisotopic (exact) mass is 197 g/mol. The lowest BCUT2D eigenvalue weighted by Crippen LogP contribution is -2.32. The predicted molar refractivity (Wildman–Crippen MR) is 55.9 cm³/mol. The number of thioether (sulfide) groups is 1. The molecule has 2 heterocycles. The van der Waals surface area contributed by atoms with Gasteiger partial charge in [-0.05, 0) is 30.7 Å². The van der Waals surface area contributed by atoms with Crippen LogP contribution < -0.4 is 5.73 Å². The van der Waals surface area contributed by atoms with E-state index >= 15 is 0 Å². The van der Waals surface area contributed by atoms with Gasteiger partial charge < -0.3 is 10.2 Å². The molecule has 0 aromatic carbocycles. The second kappa shape index (κ2) is 4.20. The van der Waals surface area contributed by atoms with Crippen LogP contribution in [-0.2, 0) is 6.42 Å². The number of hydrogen-bond acceptors (Lipinski definition) is 3. The van der Waals surface area contributed by atoms with E-state index < -0.39 is 0 Å². The van der Waals surface area contributed by atoms with Crippen molar-refractivity contribution < 1.29 is 4.42 Å². The maximum absolute atomic E-state index is 6.09. The van der Waals surface area contributed by atoms with Gasteiger partial charge in [0.05, 0.1) is 6.26 Å². The van der Waals surface area contributed by atoms with Gasteiger partial charge in [0.1, 0.15) is 5.76 Å². The summed E-state index contributed by atoms with van der Waals surface area (Å²) in [5.41, 5.74) is 6.09. The van der Waals surface area contributed by atoms with Crippen molar-refractivity contribution >= 4 is 11.8 Å². The largest absolute Gasteiger partial charge is 0.469 e. The number of nitrogens with two attached hydrogens (primary N) is 1. The summed E-state index contributed by atoms with van der Waals surface area (Å²) < 4.78 is 5.27. The number of furan rings is 1. The van der Waals surface area contributed by atoms with E-state index in [1.54, 1.807) is 6.26 Å². The molecule has 0 radical (unpaired) electrons. The first-order valence-corrected chi connectivity index (χ1v) is 5.81. The van der Waals surface area contributed by atoms with Gasteiger partial charge in [-0.25, -0.2) is 0 Å².